The number of hydrogen-bond donors (Lipinski definition) is 4. The molecule has 0 aliphatic rings. The van der Waals surface area contributed by atoms with Crippen molar-refractivity contribution in [2.45, 2.75) is 67.2 Å². The number of amidine groups is 1. The molecule has 5 N–H and O–H groups in total. The number of aryl methyl sites for hydroxylation is 1. The van der Waals surface area contributed by atoms with Crippen molar-refractivity contribution in [3.8, 4) is 0 Å². The van der Waals surface area contributed by atoms with Crippen LogP contribution >= 0.6 is 0 Å². The molecule has 31 heavy (non-hydrogen) atoms. The highest BCUT2D eigenvalue weighted by Crippen LogP contribution is 2.18. The highest BCUT2D eigenvalue weighted by Gasteiger charge is 2.12. The monoisotopic (exact) mass is 431 g/mol. The summed E-state index contributed by atoms with van der Waals surface area (Å²) in [7, 11) is 1.80. The van der Waals surface area contributed by atoms with Gasteiger partial charge in [0.1, 0.15) is 5.84 Å². The van der Waals surface area contributed by atoms with E-state index in [1.165, 1.54) is 0 Å². The van der Waals surface area contributed by atoms with E-state index in [-0.39, 0.29) is 11.7 Å². The van der Waals surface area contributed by atoms with Gasteiger partial charge in [-0.3, -0.25) is 10.2 Å². The van der Waals surface area contributed by atoms with Crippen LogP contribution in [0.4, 0.5) is 5.69 Å². The average Bonchev–Trinajstić information content (AvgIpc) is 2.80. The van der Waals surface area contributed by atoms with Crippen LogP contribution in [0.1, 0.15) is 76.7 Å². The standard InChI is InChI=1S/C21H33N5O.2C2H6/c1-5-14-26(4)20(23)16(3)25-18-10-11-19(17(6-2)15-18)21(27)24-13-9-7-8-12-22;2*1-2/h5,10-11,14-15,23,25H,3,6-9,12-13,22H2,1-2,4H3,(H,24,27);2*1-2H3/b14-5-,23-20?;;. The molecule has 0 aliphatic heterocycles. The lowest BCUT2D eigenvalue weighted by atomic mass is 10.0. The Labute approximate surface area is 190 Å². The fraction of sp³-hybridized carbons (Fsp3) is 0.520. The largest absolute Gasteiger partial charge is 0.353 e. The number of amides is 1. The molecule has 0 aromatic heterocycles. The van der Waals surface area contributed by atoms with Gasteiger partial charge in [-0.1, -0.05) is 53.7 Å². The van der Waals surface area contributed by atoms with Crippen molar-refractivity contribution in [2.75, 3.05) is 25.5 Å². The summed E-state index contributed by atoms with van der Waals surface area (Å²) >= 11 is 0. The zero-order valence-electron chi connectivity index (χ0n) is 20.8. The predicted molar refractivity (Wildman–Crippen MR) is 137 cm³/mol. The van der Waals surface area contributed by atoms with E-state index in [4.69, 9.17) is 11.1 Å². The maximum absolute atomic E-state index is 12.4. The molecule has 6 nitrogen and oxygen atoms in total. The van der Waals surface area contributed by atoms with E-state index in [9.17, 15) is 4.79 Å². The molecule has 0 unspecified atom stereocenters. The van der Waals surface area contributed by atoms with Crippen LogP contribution in [-0.2, 0) is 6.42 Å². The van der Waals surface area contributed by atoms with Crippen LogP contribution in [0.15, 0.2) is 42.8 Å². The summed E-state index contributed by atoms with van der Waals surface area (Å²) < 4.78 is 0. The van der Waals surface area contributed by atoms with Gasteiger partial charge in [-0.05, 0) is 56.5 Å². The molecule has 1 aromatic rings. The van der Waals surface area contributed by atoms with Gasteiger partial charge in [0.15, 0.2) is 0 Å². The zero-order valence-corrected chi connectivity index (χ0v) is 20.8. The first-order chi connectivity index (χ1) is 14.9. The third-order valence-corrected chi connectivity index (χ3v) is 4.20. The topological polar surface area (TPSA) is 94.2 Å². The van der Waals surface area contributed by atoms with Crippen molar-refractivity contribution in [1.29, 1.82) is 5.41 Å². The van der Waals surface area contributed by atoms with E-state index < -0.39 is 0 Å². The molecule has 0 bridgehead atoms. The molecule has 0 radical (unpaired) electrons. The normalized spacial score (nSPS) is 9.68. The van der Waals surface area contributed by atoms with Crippen molar-refractivity contribution in [3.05, 3.63) is 53.9 Å². The van der Waals surface area contributed by atoms with Crippen LogP contribution in [0.2, 0.25) is 0 Å². The molecule has 0 saturated carbocycles. The molecule has 0 heterocycles. The van der Waals surface area contributed by atoms with Crippen molar-refractivity contribution < 1.29 is 4.79 Å². The van der Waals surface area contributed by atoms with Crippen LogP contribution in [-0.4, -0.2) is 36.8 Å². The minimum Gasteiger partial charge on any atom is -0.353 e. The lowest BCUT2D eigenvalue weighted by Gasteiger charge is -2.19. The zero-order chi connectivity index (χ0) is 24.2. The molecule has 0 atom stereocenters. The highest BCUT2D eigenvalue weighted by atomic mass is 16.1. The quantitative estimate of drug-likeness (QED) is 0.210. The number of anilines is 1. The highest BCUT2D eigenvalue weighted by molar-refractivity contribution is 5.99. The number of carbonyl (C=O) groups is 1. The first-order valence-corrected chi connectivity index (χ1v) is 11.5. The minimum atomic E-state index is -0.0504. The Bertz CT molecular complexity index is 682. The molecule has 0 spiro atoms. The molecule has 0 fully saturated rings. The fourth-order valence-electron chi connectivity index (χ4n) is 2.67. The molecule has 0 saturated heterocycles. The molecule has 0 aliphatic carbocycles. The van der Waals surface area contributed by atoms with Crippen molar-refractivity contribution in [3.63, 3.8) is 0 Å². The van der Waals surface area contributed by atoms with Crippen LogP contribution in [0, 0.1) is 5.41 Å². The Hall–Kier alpha value is -2.60. The van der Waals surface area contributed by atoms with Crippen molar-refractivity contribution in [1.82, 2.24) is 10.2 Å². The number of nitrogens with two attached hydrogens (primary N) is 1. The van der Waals surface area contributed by atoms with E-state index in [0.29, 0.717) is 24.4 Å². The molecule has 1 aromatic carbocycles. The van der Waals surface area contributed by atoms with Gasteiger partial charge in [0, 0.05) is 31.0 Å². The maximum Gasteiger partial charge on any atom is 0.251 e. The van der Waals surface area contributed by atoms with Crippen LogP contribution < -0.4 is 16.4 Å². The van der Waals surface area contributed by atoms with Crippen molar-refractivity contribution in [2.24, 2.45) is 5.73 Å². The number of hydrogen-bond acceptors (Lipinski definition) is 4. The third kappa shape index (κ3) is 12.0. The second kappa shape index (κ2) is 19.4. The molecule has 176 valence electrons. The van der Waals surface area contributed by atoms with Crippen LogP contribution in [0.3, 0.4) is 0 Å². The minimum absolute atomic E-state index is 0.0504. The number of allylic oxidation sites excluding steroid dienone is 1. The van der Waals surface area contributed by atoms with Crippen LogP contribution in [0.25, 0.3) is 0 Å². The van der Waals surface area contributed by atoms with Gasteiger partial charge >= 0.3 is 0 Å². The number of carbonyl (C=O) groups excluding carboxylic acids is 1. The number of rotatable bonds is 11. The summed E-state index contributed by atoms with van der Waals surface area (Å²) in [5, 5.41) is 14.3. The average molecular weight is 432 g/mol. The Morgan fingerprint density at radius 3 is 2.39 bits per heavy atom. The summed E-state index contributed by atoms with van der Waals surface area (Å²) in [5.74, 6) is 0.232. The fourth-order valence-corrected chi connectivity index (χ4v) is 2.67. The summed E-state index contributed by atoms with van der Waals surface area (Å²) in [6.45, 7) is 17.2. The lowest BCUT2D eigenvalue weighted by Crippen LogP contribution is -2.26. The third-order valence-electron chi connectivity index (χ3n) is 4.20. The first kappa shape index (κ1) is 30.6. The molecular formula is C25H45N5O. The second-order valence-electron chi connectivity index (χ2n) is 6.38. The van der Waals surface area contributed by atoms with Gasteiger partial charge < -0.3 is 21.3 Å². The summed E-state index contributed by atoms with van der Waals surface area (Å²) in [5.41, 5.74) is 8.44. The van der Waals surface area contributed by atoms with Gasteiger partial charge in [-0.2, -0.15) is 0 Å². The number of nitrogens with one attached hydrogen (secondary N) is 3. The number of benzene rings is 1. The van der Waals surface area contributed by atoms with E-state index in [1.807, 2.05) is 65.8 Å². The molecular weight excluding hydrogens is 386 g/mol. The van der Waals surface area contributed by atoms with Gasteiger partial charge in [-0.25, -0.2) is 0 Å². The smallest absolute Gasteiger partial charge is 0.251 e. The Morgan fingerprint density at radius 1 is 1.19 bits per heavy atom. The van der Waals surface area contributed by atoms with E-state index in [2.05, 4.69) is 17.2 Å². The van der Waals surface area contributed by atoms with Gasteiger partial charge in [0.05, 0.1) is 5.70 Å². The van der Waals surface area contributed by atoms with Crippen molar-refractivity contribution >= 4 is 17.4 Å². The first-order valence-electron chi connectivity index (χ1n) is 11.5. The van der Waals surface area contributed by atoms with Gasteiger partial charge in [0.25, 0.3) is 5.91 Å². The Morgan fingerprint density at radius 2 is 1.84 bits per heavy atom. The van der Waals surface area contributed by atoms with Gasteiger partial charge in [-0.15, -0.1) is 0 Å². The molecule has 1 amide bonds. The van der Waals surface area contributed by atoms with E-state index in [1.54, 1.807) is 18.1 Å². The van der Waals surface area contributed by atoms with E-state index >= 15 is 0 Å². The van der Waals surface area contributed by atoms with Gasteiger partial charge in [0.2, 0.25) is 0 Å². The number of likely N-dealkylation sites (N-methyl/N-ethyl adjacent to an activating group) is 1. The summed E-state index contributed by atoms with van der Waals surface area (Å²) in [4.78, 5) is 14.1. The SMILES string of the molecule is C=C(Nc1ccc(C(=O)NCCCCCN)c(CC)c1)C(=N)N(C)/C=C\C.CC.CC. The summed E-state index contributed by atoms with van der Waals surface area (Å²) in [6, 6.07) is 5.61. The number of unbranched alkanes of at least 4 members (excludes halogenated alkanes) is 2. The predicted octanol–water partition coefficient (Wildman–Crippen LogP) is 5.53. The summed E-state index contributed by atoms with van der Waals surface area (Å²) in [6.07, 6.45) is 7.35. The Kier molecular flexibility index (Phi) is 19.1. The van der Waals surface area contributed by atoms with Crippen LogP contribution in [0.5, 0.6) is 0 Å². The lowest BCUT2D eigenvalue weighted by molar-refractivity contribution is 0.0952. The number of nitrogens with zero attached hydrogens (tertiary/aromatic N) is 1. The second-order valence-corrected chi connectivity index (χ2v) is 6.38. The van der Waals surface area contributed by atoms with E-state index in [0.717, 1.165) is 36.9 Å². The molecule has 6 heteroatoms. The Balaban J connectivity index is 0. The maximum atomic E-state index is 12.4. The molecule has 1 rings (SSSR count).